The van der Waals surface area contributed by atoms with E-state index in [1.54, 1.807) is 0 Å². The summed E-state index contributed by atoms with van der Waals surface area (Å²) in [4.78, 5) is 17.1. The maximum atomic E-state index is 12.8. The van der Waals surface area contributed by atoms with E-state index in [9.17, 15) is 4.79 Å². The van der Waals surface area contributed by atoms with Crippen molar-refractivity contribution in [3.05, 3.63) is 60.2 Å². The van der Waals surface area contributed by atoms with Crippen LogP contribution in [0.25, 0.3) is 0 Å². The molecule has 0 aliphatic carbocycles. The normalized spacial score (nSPS) is 20.4. The molecule has 1 saturated heterocycles. The third kappa shape index (κ3) is 3.21. The summed E-state index contributed by atoms with van der Waals surface area (Å²) in [5, 5.41) is 3.25. The maximum absolute atomic E-state index is 12.8. The number of fused-ring (bicyclic) bond motifs is 1. The topological polar surface area (TPSA) is 35.6 Å². The van der Waals surface area contributed by atoms with E-state index >= 15 is 0 Å². The molecule has 2 aromatic rings. The van der Waals surface area contributed by atoms with E-state index in [4.69, 9.17) is 0 Å². The molecule has 2 aliphatic rings. The van der Waals surface area contributed by atoms with Gasteiger partial charge in [0.2, 0.25) is 0 Å². The number of hydrogen-bond donors (Lipinski definition) is 1. The van der Waals surface area contributed by atoms with Crippen molar-refractivity contribution in [3.8, 4) is 0 Å². The Morgan fingerprint density at radius 3 is 2.44 bits per heavy atom. The Balaban J connectivity index is 1.36. The Hall–Kier alpha value is -2.49. The van der Waals surface area contributed by atoms with Gasteiger partial charge >= 0.3 is 6.03 Å². The standard InChI is InChI=1S/C21H25N3O/c1-16-15-24(20-10-6-5-9-19(16)20)21(25)22-17-11-13-23(14-12-17)18-7-3-2-4-8-18/h2-10,16-17H,11-15H2,1H3,(H,22,25). The van der Waals surface area contributed by atoms with Crippen LogP contribution in [0.3, 0.4) is 0 Å². The number of benzene rings is 2. The van der Waals surface area contributed by atoms with Crippen molar-refractivity contribution in [2.24, 2.45) is 0 Å². The van der Waals surface area contributed by atoms with E-state index in [1.807, 2.05) is 17.0 Å². The number of piperidine rings is 1. The molecule has 0 radical (unpaired) electrons. The molecular weight excluding hydrogens is 310 g/mol. The van der Waals surface area contributed by atoms with Crippen molar-refractivity contribution in [3.63, 3.8) is 0 Å². The molecule has 0 aromatic heterocycles. The van der Waals surface area contributed by atoms with Gasteiger partial charge in [-0.25, -0.2) is 4.79 Å². The first kappa shape index (κ1) is 16.0. The fourth-order valence-corrected chi connectivity index (χ4v) is 3.99. The number of para-hydroxylation sites is 2. The molecule has 130 valence electrons. The largest absolute Gasteiger partial charge is 0.371 e. The third-order valence-corrected chi connectivity index (χ3v) is 5.40. The van der Waals surface area contributed by atoms with Gasteiger partial charge in [-0.05, 0) is 36.6 Å². The third-order valence-electron chi connectivity index (χ3n) is 5.40. The van der Waals surface area contributed by atoms with Gasteiger partial charge in [-0.1, -0.05) is 43.3 Å². The van der Waals surface area contributed by atoms with Gasteiger partial charge in [0, 0.05) is 43.0 Å². The Morgan fingerprint density at radius 2 is 1.68 bits per heavy atom. The van der Waals surface area contributed by atoms with Crippen LogP contribution in [0.1, 0.15) is 31.2 Å². The van der Waals surface area contributed by atoms with Gasteiger partial charge < -0.3 is 10.2 Å². The monoisotopic (exact) mass is 335 g/mol. The van der Waals surface area contributed by atoms with Crippen LogP contribution in [-0.4, -0.2) is 31.7 Å². The summed E-state index contributed by atoms with van der Waals surface area (Å²) in [6.45, 7) is 4.93. The van der Waals surface area contributed by atoms with Crippen LogP contribution in [0.5, 0.6) is 0 Å². The second kappa shape index (κ2) is 6.79. The van der Waals surface area contributed by atoms with Crippen molar-refractivity contribution < 1.29 is 4.79 Å². The number of nitrogens with zero attached hydrogens (tertiary/aromatic N) is 2. The molecular formula is C21H25N3O. The summed E-state index contributed by atoms with van der Waals surface area (Å²) in [6, 6.07) is 19.1. The van der Waals surface area contributed by atoms with E-state index in [0.717, 1.165) is 38.2 Å². The average molecular weight is 335 g/mol. The van der Waals surface area contributed by atoms with Gasteiger partial charge in [-0.3, -0.25) is 4.90 Å². The van der Waals surface area contributed by atoms with Gasteiger partial charge in [0.25, 0.3) is 0 Å². The van der Waals surface area contributed by atoms with Gasteiger partial charge in [0.05, 0.1) is 0 Å². The maximum Gasteiger partial charge on any atom is 0.322 e. The number of amides is 2. The molecule has 25 heavy (non-hydrogen) atoms. The summed E-state index contributed by atoms with van der Waals surface area (Å²) in [5.41, 5.74) is 3.61. The number of anilines is 2. The molecule has 1 N–H and O–H groups in total. The van der Waals surface area contributed by atoms with E-state index in [2.05, 4.69) is 59.6 Å². The molecule has 2 amide bonds. The number of urea groups is 1. The summed E-state index contributed by atoms with van der Waals surface area (Å²) in [6.07, 6.45) is 1.98. The summed E-state index contributed by atoms with van der Waals surface area (Å²) in [5.74, 6) is 0.405. The van der Waals surface area contributed by atoms with Gasteiger partial charge in [0.15, 0.2) is 0 Å². The van der Waals surface area contributed by atoms with Crippen LogP contribution in [-0.2, 0) is 0 Å². The zero-order chi connectivity index (χ0) is 17.2. The molecule has 1 fully saturated rings. The predicted molar refractivity (Wildman–Crippen MR) is 102 cm³/mol. The van der Waals surface area contributed by atoms with Gasteiger partial charge in [-0.15, -0.1) is 0 Å². The average Bonchev–Trinajstić information content (AvgIpc) is 3.00. The predicted octanol–water partition coefficient (Wildman–Crippen LogP) is 3.99. The minimum Gasteiger partial charge on any atom is -0.371 e. The van der Waals surface area contributed by atoms with E-state index < -0.39 is 0 Å². The first-order chi connectivity index (χ1) is 12.2. The number of carbonyl (C=O) groups is 1. The van der Waals surface area contributed by atoms with E-state index in [-0.39, 0.29) is 12.1 Å². The lowest BCUT2D eigenvalue weighted by molar-refractivity contribution is 0.240. The minimum absolute atomic E-state index is 0.0509. The highest BCUT2D eigenvalue weighted by Crippen LogP contribution is 2.35. The minimum atomic E-state index is 0.0509. The fourth-order valence-electron chi connectivity index (χ4n) is 3.99. The Labute approximate surface area is 149 Å². The molecule has 0 spiro atoms. The molecule has 1 unspecified atom stereocenters. The number of carbonyl (C=O) groups excluding carboxylic acids is 1. The van der Waals surface area contributed by atoms with Crippen LogP contribution in [0.2, 0.25) is 0 Å². The summed E-state index contributed by atoms with van der Waals surface area (Å²) < 4.78 is 0. The summed E-state index contributed by atoms with van der Waals surface area (Å²) in [7, 11) is 0. The molecule has 4 nitrogen and oxygen atoms in total. The van der Waals surface area contributed by atoms with Crippen LogP contribution < -0.4 is 15.1 Å². The molecule has 4 rings (SSSR count). The molecule has 4 heteroatoms. The number of nitrogens with one attached hydrogen (secondary N) is 1. The van der Waals surface area contributed by atoms with Crippen LogP contribution in [0.15, 0.2) is 54.6 Å². The second-order valence-corrected chi connectivity index (χ2v) is 7.12. The highest BCUT2D eigenvalue weighted by Gasteiger charge is 2.31. The van der Waals surface area contributed by atoms with E-state index in [1.165, 1.54) is 11.3 Å². The van der Waals surface area contributed by atoms with Crippen molar-refractivity contribution in [1.82, 2.24) is 5.32 Å². The number of rotatable bonds is 2. The van der Waals surface area contributed by atoms with E-state index in [0.29, 0.717) is 5.92 Å². The lowest BCUT2D eigenvalue weighted by atomic mass is 10.0. The van der Waals surface area contributed by atoms with Crippen LogP contribution in [0, 0.1) is 0 Å². The molecule has 2 aromatic carbocycles. The SMILES string of the molecule is CC1CN(C(=O)NC2CCN(c3ccccc3)CC2)c2ccccc21. The van der Waals surface area contributed by atoms with Crippen molar-refractivity contribution in [2.45, 2.75) is 31.7 Å². The molecule has 2 aliphatic heterocycles. The first-order valence-electron chi connectivity index (χ1n) is 9.19. The zero-order valence-corrected chi connectivity index (χ0v) is 14.7. The van der Waals surface area contributed by atoms with Crippen molar-refractivity contribution >= 4 is 17.4 Å². The Bertz CT molecular complexity index is 738. The quantitative estimate of drug-likeness (QED) is 0.901. The molecule has 1 atom stereocenters. The van der Waals surface area contributed by atoms with Crippen LogP contribution in [0.4, 0.5) is 16.2 Å². The fraction of sp³-hybridized carbons (Fsp3) is 0.381. The lowest BCUT2D eigenvalue weighted by Gasteiger charge is -2.34. The molecule has 0 bridgehead atoms. The van der Waals surface area contributed by atoms with Gasteiger partial charge in [0.1, 0.15) is 0 Å². The Kier molecular flexibility index (Phi) is 4.35. The lowest BCUT2D eigenvalue weighted by Crippen LogP contribution is -2.49. The summed E-state index contributed by atoms with van der Waals surface area (Å²) >= 11 is 0. The second-order valence-electron chi connectivity index (χ2n) is 7.12. The first-order valence-corrected chi connectivity index (χ1v) is 9.19. The van der Waals surface area contributed by atoms with Crippen molar-refractivity contribution in [2.75, 3.05) is 29.4 Å². The van der Waals surface area contributed by atoms with Crippen LogP contribution >= 0.6 is 0 Å². The molecule has 2 heterocycles. The van der Waals surface area contributed by atoms with Crippen molar-refractivity contribution in [1.29, 1.82) is 0 Å². The molecule has 0 saturated carbocycles. The Morgan fingerprint density at radius 1 is 1.00 bits per heavy atom. The smallest absolute Gasteiger partial charge is 0.322 e. The van der Waals surface area contributed by atoms with Gasteiger partial charge in [-0.2, -0.15) is 0 Å². The highest BCUT2D eigenvalue weighted by atomic mass is 16.2. The zero-order valence-electron chi connectivity index (χ0n) is 14.7. The highest BCUT2D eigenvalue weighted by molar-refractivity contribution is 5.94. The number of hydrogen-bond acceptors (Lipinski definition) is 2.